The minimum absolute atomic E-state index is 0.0683. The van der Waals surface area contributed by atoms with Crippen LogP contribution in [0.4, 0.5) is 14.6 Å². The highest BCUT2D eigenvalue weighted by molar-refractivity contribution is 5.85. The van der Waals surface area contributed by atoms with Gasteiger partial charge in [0.05, 0.1) is 22.6 Å². The number of halogens is 2. The summed E-state index contributed by atoms with van der Waals surface area (Å²) in [5.41, 5.74) is 5.16. The molecule has 34 heavy (non-hydrogen) atoms. The Labute approximate surface area is 196 Å². The summed E-state index contributed by atoms with van der Waals surface area (Å²) in [6.07, 6.45) is 2.08. The van der Waals surface area contributed by atoms with Crippen LogP contribution >= 0.6 is 0 Å². The van der Waals surface area contributed by atoms with Crippen LogP contribution in [0.2, 0.25) is 0 Å². The summed E-state index contributed by atoms with van der Waals surface area (Å²) in [6, 6.07) is 25.6. The number of nitrogens with zero attached hydrogens (tertiary/aromatic N) is 4. The highest BCUT2D eigenvalue weighted by Crippen LogP contribution is 2.32. The minimum Gasteiger partial charge on any atom is -0.352 e. The van der Waals surface area contributed by atoms with Gasteiger partial charge in [-0.25, -0.2) is 13.8 Å². The third kappa shape index (κ3) is 3.70. The average molecular weight is 455 g/mol. The van der Waals surface area contributed by atoms with E-state index < -0.39 is 0 Å². The minimum atomic E-state index is -0.259. The highest BCUT2D eigenvalue weighted by atomic mass is 19.1. The third-order valence-corrected chi connectivity index (χ3v) is 6.70. The van der Waals surface area contributed by atoms with Gasteiger partial charge >= 0.3 is 0 Å². The Morgan fingerprint density at radius 2 is 1.24 bits per heavy atom. The molecule has 1 aliphatic heterocycles. The largest absolute Gasteiger partial charge is 0.352 e. The molecule has 0 atom stereocenters. The van der Waals surface area contributed by atoms with Crippen molar-refractivity contribution in [2.75, 3.05) is 31.1 Å². The Morgan fingerprint density at radius 1 is 0.647 bits per heavy atom. The smallest absolute Gasteiger partial charge is 0.153 e. The molecule has 0 aliphatic carbocycles. The Morgan fingerprint density at radius 3 is 1.88 bits per heavy atom. The molecule has 3 aromatic carbocycles. The van der Waals surface area contributed by atoms with Crippen molar-refractivity contribution in [3.63, 3.8) is 0 Å². The summed E-state index contributed by atoms with van der Waals surface area (Å²) in [4.78, 5) is 9.73. The molecule has 0 unspecified atom stereocenters. The number of rotatable bonds is 4. The molecule has 0 bridgehead atoms. The summed E-state index contributed by atoms with van der Waals surface area (Å²) in [6.45, 7) is 3.23. The zero-order chi connectivity index (χ0) is 23.1. The van der Waals surface area contributed by atoms with E-state index in [0.29, 0.717) is 0 Å². The maximum absolute atomic E-state index is 13.6. The average Bonchev–Trinajstić information content (AvgIpc) is 3.37. The van der Waals surface area contributed by atoms with Gasteiger partial charge in [-0.2, -0.15) is 0 Å². The first-order valence-corrected chi connectivity index (χ1v) is 11.5. The third-order valence-electron chi connectivity index (χ3n) is 6.70. The maximum atomic E-state index is 13.6. The van der Waals surface area contributed by atoms with Gasteiger partial charge in [-0.05, 0) is 59.7 Å². The number of benzene rings is 3. The van der Waals surface area contributed by atoms with Crippen LogP contribution in [-0.2, 0) is 0 Å². The van der Waals surface area contributed by atoms with Crippen LogP contribution < -0.4 is 4.90 Å². The van der Waals surface area contributed by atoms with Crippen LogP contribution in [0.15, 0.2) is 91.1 Å². The lowest BCUT2D eigenvalue weighted by Gasteiger charge is -2.40. The fourth-order valence-electron chi connectivity index (χ4n) is 5.04. The molecule has 0 amide bonds. The molecular weight excluding hydrogens is 430 g/mol. The van der Waals surface area contributed by atoms with Crippen molar-refractivity contribution >= 4 is 22.4 Å². The molecule has 0 N–H and O–H groups in total. The number of anilines is 1. The zero-order valence-electron chi connectivity index (χ0n) is 18.6. The van der Waals surface area contributed by atoms with E-state index in [0.717, 1.165) is 59.7 Å². The summed E-state index contributed by atoms with van der Waals surface area (Å²) in [5.74, 6) is 0.471. The SMILES string of the molecule is Fc1ccc(C(c2ccc(F)cc2)N2CCN(c3nc4ccccc4n4cccc34)CC2)cc1. The first-order valence-electron chi connectivity index (χ1n) is 11.5. The van der Waals surface area contributed by atoms with Gasteiger partial charge in [0.25, 0.3) is 0 Å². The van der Waals surface area contributed by atoms with Gasteiger partial charge < -0.3 is 9.30 Å². The van der Waals surface area contributed by atoms with Crippen molar-refractivity contribution in [1.82, 2.24) is 14.3 Å². The quantitative estimate of drug-likeness (QED) is 0.349. The predicted molar refractivity (Wildman–Crippen MR) is 131 cm³/mol. The number of fused-ring (bicyclic) bond motifs is 3. The first kappa shape index (κ1) is 20.8. The van der Waals surface area contributed by atoms with E-state index in [4.69, 9.17) is 4.98 Å². The molecule has 1 fully saturated rings. The second-order valence-electron chi connectivity index (χ2n) is 8.72. The number of aromatic nitrogens is 2. The molecule has 170 valence electrons. The van der Waals surface area contributed by atoms with Crippen molar-refractivity contribution < 1.29 is 8.78 Å². The number of hydrogen-bond donors (Lipinski definition) is 0. The summed E-state index contributed by atoms with van der Waals surface area (Å²) >= 11 is 0. The predicted octanol–water partition coefficient (Wildman–Crippen LogP) is 5.68. The molecule has 5 aromatic rings. The lowest BCUT2D eigenvalue weighted by molar-refractivity contribution is 0.212. The molecule has 1 aliphatic rings. The van der Waals surface area contributed by atoms with Crippen LogP contribution in [0.5, 0.6) is 0 Å². The Kier molecular flexibility index (Phi) is 5.23. The Hall–Kier alpha value is -3.77. The van der Waals surface area contributed by atoms with Gasteiger partial charge in [-0.1, -0.05) is 36.4 Å². The lowest BCUT2D eigenvalue weighted by atomic mass is 9.96. The number of hydrogen-bond acceptors (Lipinski definition) is 3. The van der Waals surface area contributed by atoms with Crippen molar-refractivity contribution in [2.45, 2.75) is 6.04 Å². The van der Waals surface area contributed by atoms with Crippen molar-refractivity contribution in [3.05, 3.63) is 114 Å². The lowest BCUT2D eigenvalue weighted by Crippen LogP contribution is -2.48. The van der Waals surface area contributed by atoms with E-state index in [1.807, 2.05) is 42.5 Å². The second kappa shape index (κ2) is 8.54. The van der Waals surface area contributed by atoms with Gasteiger partial charge in [0.15, 0.2) is 5.82 Å². The topological polar surface area (TPSA) is 23.8 Å². The van der Waals surface area contributed by atoms with Crippen molar-refractivity contribution in [3.8, 4) is 0 Å². The normalized spacial score (nSPS) is 15.0. The second-order valence-corrected chi connectivity index (χ2v) is 8.72. The van der Waals surface area contributed by atoms with E-state index >= 15 is 0 Å². The molecule has 0 saturated carbocycles. The van der Waals surface area contributed by atoms with Crippen LogP contribution in [0, 0.1) is 11.6 Å². The molecule has 3 heterocycles. The van der Waals surface area contributed by atoms with Gasteiger partial charge in [-0.3, -0.25) is 4.90 Å². The van der Waals surface area contributed by atoms with Crippen LogP contribution in [0.1, 0.15) is 17.2 Å². The van der Waals surface area contributed by atoms with E-state index in [1.165, 1.54) is 24.3 Å². The van der Waals surface area contributed by atoms with Crippen LogP contribution in [0.3, 0.4) is 0 Å². The first-order chi connectivity index (χ1) is 16.7. The molecule has 0 radical (unpaired) electrons. The van der Waals surface area contributed by atoms with Crippen molar-refractivity contribution in [1.29, 1.82) is 0 Å². The molecule has 1 saturated heterocycles. The maximum Gasteiger partial charge on any atom is 0.153 e. The van der Waals surface area contributed by atoms with E-state index in [-0.39, 0.29) is 17.7 Å². The summed E-state index contributed by atoms with van der Waals surface area (Å²) in [5, 5.41) is 0. The van der Waals surface area contributed by atoms with Gasteiger partial charge in [-0.15, -0.1) is 0 Å². The zero-order valence-corrected chi connectivity index (χ0v) is 18.6. The Bertz CT molecular complexity index is 1390. The molecule has 4 nitrogen and oxygen atoms in total. The summed E-state index contributed by atoms with van der Waals surface area (Å²) < 4.78 is 29.4. The number of piperazine rings is 1. The highest BCUT2D eigenvalue weighted by Gasteiger charge is 2.28. The fourth-order valence-corrected chi connectivity index (χ4v) is 5.04. The molecule has 2 aromatic heterocycles. The van der Waals surface area contributed by atoms with E-state index in [1.54, 1.807) is 0 Å². The van der Waals surface area contributed by atoms with Gasteiger partial charge in [0.1, 0.15) is 11.6 Å². The van der Waals surface area contributed by atoms with Crippen LogP contribution in [0.25, 0.3) is 16.6 Å². The van der Waals surface area contributed by atoms with E-state index in [9.17, 15) is 8.78 Å². The molecule has 6 rings (SSSR count). The molecule has 0 spiro atoms. The monoisotopic (exact) mass is 454 g/mol. The van der Waals surface area contributed by atoms with E-state index in [2.05, 4.69) is 38.6 Å². The molecule has 6 heteroatoms. The van der Waals surface area contributed by atoms with Crippen LogP contribution in [-0.4, -0.2) is 40.5 Å². The van der Waals surface area contributed by atoms with Gasteiger partial charge in [0.2, 0.25) is 0 Å². The fraction of sp³-hybridized carbons (Fsp3) is 0.179. The Balaban J connectivity index is 1.31. The standard InChI is InChI=1S/C28H24F2N4/c29-22-11-7-20(8-12-22)27(21-9-13-23(30)14-10-21)32-16-18-33(19-17-32)28-26-6-3-15-34(26)25-5-2-1-4-24(25)31-28/h1-15,27H,16-19H2. The summed E-state index contributed by atoms with van der Waals surface area (Å²) in [7, 11) is 0. The number of para-hydroxylation sites is 2. The molecular formula is C28H24F2N4. The van der Waals surface area contributed by atoms with Gasteiger partial charge in [0, 0.05) is 32.4 Å². The van der Waals surface area contributed by atoms with Crippen molar-refractivity contribution in [2.24, 2.45) is 0 Å².